The molecule has 1 aliphatic carbocycles. The van der Waals surface area contributed by atoms with Crippen LogP contribution >= 0.6 is 0 Å². The van der Waals surface area contributed by atoms with Crippen LogP contribution < -0.4 is 10.6 Å². The van der Waals surface area contributed by atoms with Gasteiger partial charge in [-0.3, -0.25) is 0 Å². The second kappa shape index (κ2) is 5.68. The monoisotopic (exact) mass is 234 g/mol. The zero-order valence-electron chi connectivity index (χ0n) is 9.98. The summed E-state index contributed by atoms with van der Waals surface area (Å²) < 4.78 is 5.16. The maximum absolute atomic E-state index is 11.6. The SMILES string of the molecule is COC1CC(NC(=O)NCc2ccccc2)C1. The van der Waals surface area contributed by atoms with Gasteiger partial charge in [-0.05, 0) is 18.4 Å². The maximum Gasteiger partial charge on any atom is 0.315 e. The van der Waals surface area contributed by atoms with Crippen molar-refractivity contribution in [3.05, 3.63) is 35.9 Å². The van der Waals surface area contributed by atoms with E-state index in [0.29, 0.717) is 12.6 Å². The minimum atomic E-state index is -0.103. The molecule has 0 bridgehead atoms. The fourth-order valence-corrected chi connectivity index (χ4v) is 1.89. The Morgan fingerprint density at radius 3 is 2.71 bits per heavy atom. The van der Waals surface area contributed by atoms with Gasteiger partial charge in [0, 0.05) is 19.7 Å². The van der Waals surface area contributed by atoms with Crippen LogP contribution in [0, 0.1) is 0 Å². The number of methoxy groups -OCH3 is 1. The van der Waals surface area contributed by atoms with Crippen LogP contribution in [0.3, 0.4) is 0 Å². The summed E-state index contributed by atoms with van der Waals surface area (Å²) in [6.07, 6.45) is 2.14. The summed E-state index contributed by atoms with van der Waals surface area (Å²) in [4.78, 5) is 11.6. The average molecular weight is 234 g/mol. The highest BCUT2D eigenvalue weighted by atomic mass is 16.5. The van der Waals surface area contributed by atoms with Gasteiger partial charge in [0.1, 0.15) is 0 Å². The molecule has 0 unspecified atom stereocenters. The Labute approximate surface area is 101 Å². The van der Waals surface area contributed by atoms with E-state index in [1.807, 2.05) is 30.3 Å². The van der Waals surface area contributed by atoms with Crippen molar-refractivity contribution in [2.45, 2.75) is 31.5 Å². The number of nitrogens with one attached hydrogen (secondary N) is 2. The van der Waals surface area contributed by atoms with Crippen molar-refractivity contribution in [1.82, 2.24) is 10.6 Å². The molecule has 1 fully saturated rings. The number of carbonyl (C=O) groups is 1. The first-order valence-corrected chi connectivity index (χ1v) is 5.89. The summed E-state index contributed by atoms with van der Waals surface area (Å²) in [7, 11) is 1.70. The van der Waals surface area contributed by atoms with Crippen LogP contribution in [0.15, 0.2) is 30.3 Å². The number of benzene rings is 1. The van der Waals surface area contributed by atoms with Gasteiger partial charge in [-0.15, -0.1) is 0 Å². The van der Waals surface area contributed by atoms with Gasteiger partial charge >= 0.3 is 6.03 Å². The lowest BCUT2D eigenvalue weighted by Gasteiger charge is -2.34. The molecule has 4 nitrogen and oxygen atoms in total. The normalized spacial score (nSPS) is 22.6. The van der Waals surface area contributed by atoms with Gasteiger partial charge in [0.05, 0.1) is 6.10 Å². The molecule has 0 aliphatic heterocycles. The van der Waals surface area contributed by atoms with Crippen molar-refractivity contribution in [2.75, 3.05) is 7.11 Å². The molecule has 17 heavy (non-hydrogen) atoms. The van der Waals surface area contributed by atoms with E-state index in [1.54, 1.807) is 7.11 Å². The van der Waals surface area contributed by atoms with Crippen LogP contribution in [0.4, 0.5) is 4.79 Å². The number of hydrogen-bond acceptors (Lipinski definition) is 2. The molecule has 0 saturated heterocycles. The molecule has 2 amide bonds. The van der Waals surface area contributed by atoms with Crippen LogP contribution in [0.1, 0.15) is 18.4 Å². The molecule has 0 spiro atoms. The van der Waals surface area contributed by atoms with Gasteiger partial charge in [-0.1, -0.05) is 30.3 Å². The Morgan fingerprint density at radius 2 is 2.06 bits per heavy atom. The van der Waals surface area contributed by atoms with Crippen molar-refractivity contribution in [2.24, 2.45) is 0 Å². The third-order valence-corrected chi connectivity index (χ3v) is 3.06. The molecule has 0 aromatic heterocycles. The van der Waals surface area contributed by atoms with Crippen LogP contribution in [0.5, 0.6) is 0 Å². The number of rotatable bonds is 4. The van der Waals surface area contributed by atoms with E-state index in [9.17, 15) is 4.79 Å². The van der Waals surface area contributed by atoms with Crippen molar-refractivity contribution < 1.29 is 9.53 Å². The lowest BCUT2D eigenvalue weighted by atomic mass is 9.89. The highest BCUT2D eigenvalue weighted by Gasteiger charge is 2.29. The fraction of sp³-hybridized carbons (Fsp3) is 0.462. The number of hydrogen-bond donors (Lipinski definition) is 2. The molecule has 1 aliphatic rings. The predicted octanol–water partition coefficient (Wildman–Crippen LogP) is 1.66. The van der Waals surface area contributed by atoms with Gasteiger partial charge in [-0.2, -0.15) is 0 Å². The summed E-state index contributed by atoms with van der Waals surface area (Å²) in [5, 5.41) is 5.76. The molecule has 4 heteroatoms. The highest BCUT2D eigenvalue weighted by molar-refractivity contribution is 5.74. The van der Waals surface area contributed by atoms with Gasteiger partial charge in [0.15, 0.2) is 0 Å². The molecule has 0 heterocycles. The van der Waals surface area contributed by atoms with E-state index in [0.717, 1.165) is 18.4 Å². The molecular weight excluding hydrogens is 216 g/mol. The molecule has 1 aromatic rings. The average Bonchev–Trinajstić information content (AvgIpc) is 2.32. The van der Waals surface area contributed by atoms with Crippen molar-refractivity contribution >= 4 is 6.03 Å². The van der Waals surface area contributed by atoms with Crippen molar-refractivity contribution in [3.8, 4) is 0 Å². The van der Waals surface area contributed by atoms with Crippen molar-refractivity contribution in [1.29, 1.82) is 0 Å². The number of amides is 2. The Kier molecular flexibility index (Phi) is 3.98. The summed E-state index contributed by atoms with van der Waals surface area (Å²) in [5.41, 5.74) is 1.10. The lowest BCUT2D eigenvalue weighted by Crippen LogP contribution is -2.50. The molecule has 92 valence electrons. The molecule has 1 saturated carbocycles. The van der Waals surface area contributed by atoms with E-state index in [1.165, 1.54) is 0 Å². The zero-order chi connectivity index (χ0) is 12.1. The topological polar surface area (TPSA) is 50.4 Å². The number of ether oxygens (including phenoxy) is 1. The van der Waals surface area contributed by atoms with E-state index < -0.39 is 0 Å². The first-order valence-electron chi connectivity index (χ1n) is 5.89. The first kappa shape index (κ1) is 11.9. The Bertz CT molecular complexity index is 361. The molecule has 0 radical (unpaired) electrons. The summed E-state index contributed by atoms with van der Waals surface area (Å²) in [6, 6.07) is 10.0. The molecule has 0 atom stereocenters. The van der Waals surface area contributed by atoms with E-state index in [-0.39, 0.29) is 12.1 Å². The van der Waals surface area contributed by atoms with E-state index in [2.05, 4.69) is 10.6 Å². The van der Waals surface area contributed by atoms with Gasteiger partial charge < -0.3 is 15.4 Å². The lowest BCUT2D eigenvalue weighted by molar-refractivity contribution is 0.0205. The van der Waals surface area contributed by atoms with Gasteiger partial charge in [-0.25, -0.2) is 4.79 Å². The van der Waals surface area contributed by atoms with Gasteiger partial charge in [0.2, 0.25) is 0 Å². The molecular formula is C13H18N2O2. The highest BCUT2D eigenvalue weighted by Crippen LogP contribution is 2.22. The quantitative estimate of drug-likeness (QED) is 0.832. The minimum absolute atomic E-state index is 0.103. The fourth-order valence-electron chi connectivity index (χ4n) is 1.89. The summed E-state index contributed by atoms with van der Waals surface area (Å²) >= 11 is 0. The first-order chi connectivity index (χ1) is 8.28. The maximum atomic E-state index is 11.6. The number of carbonyl (C=O) groups excluding carboxylic acids is 1. The van der Waals surface area contributed by atoms with Crippen molar-refractivity contribution in [3.63, 3.8) is 0 Å². The second-order valence-electron chi connectivity index (χ2n) is 4.34. The third-order valence-electron chi connectivity index (χ3n) is 3.06. The van der Waals surface area contributed by atoms with E-state index in [4.69, 9.17) is 4.74 Å². The zero-order valence-corrected chi connectivity index (χ0v) is 9.98. The number of urea groups is 1. The Morgan fingerprint density at radius 1 is 1.35 bits per heavy atom. The van der Waals surface area contributed by atoms with Gasteiger partial charge in [0.25, 0.3) is 0 Å². The van der Waals surface area contributed by atoms with Crippen LogP contribution in [-0.2, 0) is 11.3 Å². The minimum Gasteiger partial charge on any atom is -0.381 e. The van der Waals surface area contributed by atoms with Crippen LogP contribution in [-0.4, -0.2) is 25.3 Å². The Hall–Kier alpha value is -1.55. The molecule has 2 N–H and O–H groups in total. The largest absolute Gasteiger partial charge is 0.381 e. The molecule has 1 aromatic carbocycles. The van der Waals surface area contributed by atoms with Crippen LogP contribution in [0.25, 0.3) is 0 Å². The summed E-state index contributed by atoms with van der Waals surface area (Å²) in [5.74, 6) is 0. The molecule has 2 rings (SSSR count). The predicted molar refractivity (Wildman–Crippen MR) is 65.6 cm³/mol. The Balaban J connectivity index is 1.65. The van der Waals surface area contributed by atoms with E-state index >= 15 is 0 Å². The third kappa shape index (κ3) is 3.46. The van der Waals surface area contributed by atoms with Crippen LogP contribution in [0.2, 0.25) is 0 Å². The summed E-state index contributed by atoms with van der Waals surface area (Å²) in [6.45, 7) is 0.563. The standard InChI is InChI=1S/C13H18N2O2/c1-17-12-7-11(8-12)15-13(16)14-9-10-5-3-2-4-6-10/h2-6,11-12H,7-9H2,1H3,(H2,14,15,16). The smallest absolute Gasteiger partial charge is 0.315 e. The second-order valence-corrected chi connectivity index (χ2v) is 4.34.